The van der Waals surface area contributed by atoms with Crippen LogP contribution < -0.4 is 11.3 Å². The van der Waals surface area contributed by atoms with E-state index in [1.54, 1.807) is 29.3 Å². The molecule has 6 heteroatoms. The molecule has 1 aromatic rings. The molecule has 1 aromatic heterocycles. The molecule has 0 atom stereocenters. The summed E-state index contributed by atoms with van der Waals surface area (Å²) in [4.78, 5) is 14.7. The first kappa shape index (κ1) is 9.50. The molecule has 4 nitrogen and oxygen atoms in total. The minimum absolute atomic E-state index is 0.140. The SMILES string of the molecule is NNC(=O)CCSc1nccs1. The third kappa shape index (κ3) is 3.21. The molecule has 0 saturated heterocycles. The molecule has 0 radical (unpaired) electrons. The fraction of sp³-hybridized carbons (Fsp3) is 0.333. The van der Waals surface area contributed by atoms with Crippen LogP contribution in [0.5, 0.6) is 0 Å². The Morgan fingerprint density at radius 1 is 1.83 bits per heavy atom. The van der Waals surface area contributed by atoms with E-state index in [0.717, 1.165) is 10.1 Å². The Hall–Kier alpha value is -0.590. The summed E-state index contributed by atoms with van der Waals surface area (Å²) >= 11 is 3.13. The standard InChI is InChI=1S/C6H9N3OS2/c7-9-5(10)1-3-11-6-8-2-4-12-6/h2,4H,1,3,7H2,(H,9,10). The first-order valence-electron chi connectivity index (χ1n) is 3.34. The predicted molar refractivity (Wildman–Crippen MR) is 49.8 cm³/mol. The maximum Gasteiger partial charge on any atom is 0.234 e. The summed E-state index contributed by atoms with van der Waals surface area (Å²) in [5.41, 5.74) is 2.08. The number of carbonyl (C=O) groups excluding carboxylic acids is 1. The number of nitrogens with zero attached hydrogens (tertiary/aromatic N) is 1. The Morgan fingerprint density at radius 3 is 3.25 bits per heavy atom. The Kier molecular flexibility index (Phi) is 4.06. The lowest BCUT2D eigenvalue weighted by Gasteiger charge is -1.96. The van der Waals surface area contributed by atoms with Crippen molar-refractivity contribution in [1.29, 1.82) is 0 Å². The molecule has 12 heavy (non-hydrogen) atoms. The van der Waals surface area contributed by atoms with Crippen LogP contribution in [0.1, 0.15) is 6.42 Å². The van der Waals surface area contributed by atoms with E-state index in [2.05, 4.69) is 10.4 Å². The number of thioether (sulfide) groups is 1. The number of amides is 1. The molecule has 1 rings (SSSR count). The molecule has 0 aliphatic rings. The lowest BCUT2D eigenvalue weighted by atomic mass is 10.5. The van der Waals surface area contributed by atoms with Crippen molar-refractivity contribution in [1.82, 2.24) is 10.4 Å². The largest absolute Gasteiger partial charge is 0.294 e. The highest BCUT2D eigenvalue weighted by atomic mass is 32.2. The van der Waals surface area contributed by atoms with Crippen molar-refractivity contribution in [2.45, 2.75) is 10.8 Å². The van der Waals surface area contributed by atoms with E-state index < -0.39 is 0 Å². The molecule has 1 heterocycles. The van der Waals surface area contributed by atoms with Gasteiger partial charge in [-0.15, -0.1) is 11.3 Å². The highest BCUT2D eigenvalue weighted by Crippen LogP contribution is 2.20. The van der Waals surface area contributed by atoms with Crippen LogP contribution in [0.4, 0.5) is 0 Å². The summed E-state index contributed by atoms with van der Waals surface area (Å²) in [7, 11) is 0. The fourth-order valence-electron chi connectivity index (χ4n) is 0.585. The molecule has 66 valence electrons. The van der Waals surface area contributed by atoms with Gasteiger partial charge in [0.25, 0.3) is 0 Å². The van der Waals surface area contributed by atoms with Gasteiger partial charge in [0.2, 0.25) is 5.91 Å². The second kappa shape index (κ2) is 5.13. The summed E-state index contributed by atoms with van der Waals surface area (Å²) in [6, 6.07) is 0. The summed E-state index contributed by atoms with van der Waals surface area (Å²) in [5.74, 6) is 5.49. The molecular weight excluding hydrogens is 194 g/mol. The minimum atomic E-state index is -0.140. The maximum atomic E-state index is 10.7. The monoisotopic (exact) mass is 203 g/mol. The second-order valence-electron chi connectivity index (χ2n) is 1.96. The van der Waals surface area contributed by atoms with Gasteiger partial charge in [-0.05, 0) is 0 Å². The molecule has 0 aromatic carbocycles. The van der Waals surface area contributed by atoms with Crippen molar-refractivity contribution in [2.24, 2.45) is 5.84 Å². The number of hydrogen-bond donors (Lipinski definition) is 2. The second-order valence-corrected chi connectivity index (χ2v) is 4.20. The zero-order valence-corrected chi connectivity index (χ0v) is 7.95. The fourth-order valence-corrected chi connectivity index (χ4v) is 2.23. The van der Waals surface area contributed by atoms with Gasteiger partial charge in [-0.3, -0.25) is 10.2 Å². The van der Waals surface area contributed by atoms with Crippen LogP contribution in [0.3, 0.4) is 0 Å². The number of nitrogens with two attached hydrogens (primary N) is 1. The average molecular weight is 203 g/mol. The van der Waals surface area contributed by atoms with Gasteiger partial charge in [0.1, 0.15) is 4.34 Å². The quantitative estimate of drug-likeness (QED) is 0.326. The first-order chi connectivity index (χ1) is 5.83. The van der Waals surface area contributed by atoms with Gasteiger partial charge in [-0.1, -0.05) is 11.8 Å². The zero-order chi connectivity index (χ0) is 8.81. The molecule has 3 N–H and O–H groups in total. The van der Waals surface area contributed by atoms with Crippen LogP contribution in [-0.2, 0) is 4.79 Å². The van der Waals surface area contributed by atoms with Gasteiger partial charge in [-0.25, -0.2) is 10.8 Å². The van der Waals surface area contributed by atoms with Gasteiger partial charge in [0.05, 0.1) is 0 Å². The van der Waals surface area contributed by atoms with Crippen molar-refractivity contribution in [3.8, 4) is 0 Å². The van der Waals surface area contributed by atoms with Crippen LogP contribution in [0.25, 0.3) is 0 Å². The van der Waals surface area contributed by atoms with Crippen LogP contribution >= 0.6 is 23.1 Å². The van der Waals surface area contributed by atoms with E-state index >= 15 is 0 Å². The summed E-state index contributed by atoms with van der Waals surface area (Å²) in [6.45, 7) is 0. The van der Waals surface area contributed by atoms with Crippen molar-refractivity contribution < 1.29 is 4.79 Å². The van der Waals surface area contributed by atoms with Crippen LogP contribution in [-0.4, -0.2) is 16.6 Å². The van der Waals surface area contributed by atoms with Crippen LogP contribution in [0.2, 0.25) is 0 Å². The normalized spacial score (nSPS) is 9.75. The van der Waals surface area contributed by atoms with E-state index in [-0.39, 0.29) is 5.91 Å². The van der Waals surface area contributed by atoms with E-state index in [1.807, 2.05) is 5.38 Å². The van der Waals surface area contributed by atoms with Gasteiger partial charge < -0.3 is 0 Å². The van der Waals surface area contributed by atoms with Gasteiger partial charge in [0.15, 0.2) is 0 Å². The van der Waals surface area contributed by atoms with Crippen molar-refractivity contribution >= 4 is 29.0 Å². The number of aromatic nitrogens is 1. The van der Waals surface area contributed by atoms with E-state index in [9.17, 15) is 4.79 Å². The Bertz CT molecular complexity index is 237. The lowest BCUT2D eigenvalue weighted by Crippen LogP contribution is -2.30. The third-order valence-corrected chi connectivity index (χ3v) is 3.09. The van der Waals surface area contributed by atoms with Gasteiger partial charge >= 0.3 is 0 Å². The van der Waals surface area contributed by atoms with Crippen molar-refractivity contribution in [2.75, 3.05) is 5.75 Å². The summed E-state index contributed by atoms with van der Waals surface area (Å²) in [5, 5.41) is 1.91. The average Bonchev–Trinajstić information content (AvgIpc) is 2.57. The Labute approximate surface area is 78.5 Å². The highest BCUT2D eigenvalue weighted by Gasteiger charge is 2.00. The molecule has 1 amide bonds. The van der Waals surface area contributed by atoms with E-state index in [0.29, 0.717) is 6.42 Å². The number of carbonyl (C=O) groups is 1. The van der Waals surface area contributed by atoms with E-state index in [1.165, 1.54) is 0 Å². The molecular formula is C6H9N3OS2. The number of hydrogen-bond acceptors (Lipinski definition) is 5. The smallest absolute Gasteiger partial charge is 0.234 e. The molecule has 0 fully saturated rings. The van der Waals surface area contributed by atoms with E-state index in [4.69, 9.17) is 5.84 Å². The van der Waals surface area contributed by atoms with Gasteiger partial charge in [0, 0.05) is 23.8 Å². The first-order valence-corrected chi connectivity index (χ1v) is 5.21. The topological polar surface area (TPSA) is 68.0 Å². The number of hydrazine groups is 1. The molecule has 0 saturated carbocycles. The molecule has 0 aliphatic heterocycles. The van der Waals surface area contributed by atoms with Gasteiger partial charge in [-0.2, -0.15) is 0 Å². The zero-order valence-electron chi connectivity index (χ0n) is 6.32. The summed E-state index contributed by atoms with van der Waals surface area (Å²) in [6.07, 6.45) is 2.18. The van der Waals surface area contributed by atoms with Crippen molar-refractivity contribution in [3.63, 3.8) is 0 Å². The molecule has 0 unspecified atom stereocenters. The Balaban J connectivity index is 2.15. The number of thiazole rings is 1. The minimum Gasteiger partial charge on any atom is -0.294 e. The molecule has 0 spiro atoms. The van der Waals surface area contributed by atoms with Crippen LogP contribution in [0, 0.1) is 0 Å². The highest BCUT2D eigenvalue weighted by molar-refractivity contribution is 8.01. The summed E-state index contributed by atoms with van der Waals surface area (Å²) < 4.78 is 0.986. The predicted octanol–water partition coefficient (Wildman–Crippen LogP) is 0.615. The molecule has 0 aliphatic carbocycles. The van der Waals surface area contributed by atoms with Crippen LogP contribution in [0.15, 0.2) is 15.9 Å². The third-order valence-electron chi connectivity index (χ3n) is 1.13. The molecule has 0 bridgehead atoms. The Morgan fingerprint density at radius 2 is 2.67 bits per heavy atom. The lowest BCUT2D eigenvalue weighted by molar-refractivity contribution is -0.120. The maximum absolute atomic E-state index is 10.7. The van der Waals surface area contributed by atoms with Crippen molar-refractivity contribution in [3.05, 3.63) is 11.6 Å². The number of nitrogens with one attached hydrogen (secondary N) is 1. The number of rotatable bonds is 4.